The zero-order valence-corrected chi connectivity index (χ0v) is 13.5. The van der Waals surface area contributed by atoms with Crippen molar-refractivity contribution in [3.63, 3.8) is 0 Å². The minimum atomic E-state index is -0.206. The van der Waals surface area contributed by atoms with Gasteiger partial charge in [0.1, 0.15) is 5.82 Å². The molecule has 2 heterocycles. The lowest BCUT2D eigenvalue weighted by Gasteiger charge is -2.27. The highest BCUT2D eigenvalue weighted by Gasteiger charge is 2.24. The molecule has 6 heteroatoms. The molecule has 124 valence electrons. The third kappa shape index (κ3) is 4.07. The van der Waals surface area contributed by atoms with E-state index in [0.717, 1.165) is 31.5 Å². The lowest BCUT2D eigenvalue weighted by Crippen LogP contribution is -2.31. The number of benzene rings is 1. The molecule has 3 rings (SSSR count). The predicted octanol–water partition coefficient (Wildman–Crippen LogP) is 3.41. The SMILES string of the molecule is CCCc1nnc(NCC(c2ccc(F)cc2)N2CCCC2)o1. The van der Waals surface area contributed by atoms with Gasteiger partial charge in [0.2, 0.25) is 5.89 Å². The molecule has 1 aromatic heterocycles. The Morgan fingerprint density at radius 2 is 1.96 bits per heavy atom. The first kappa shape index (κ1) is 15.9. The number of rotatable bonds is 7. The highest BCUT2D eigenvalue weighted by atomic mass is 19.1. The highest BCUT2D eigenvalue weighted by molar-refractivity contribution is 5.25. The maximum Gasteiger partial charge on any atom is 0.315 e. The topological polar surface area (TPSA) is 54.2 Å². The summed E-state index contributed by atoms with van der Waals surface area (Å²) in [7, 11) is 0. The van der Waals surface area contributed by atoms with Gasteiger partial charge in [-0.25, -0.2) is 4.39 Å². The van der Waals surface area contributed by atoms with E-state index in [4.69, 9.17) is 4.42 Å². The first-order valence-electron chi connectivity index (χ1n) is 8.32. The molecule has 23 heavy (non-hydrogen) atoms. The number of hydrogen-bond donors (Lipinski definition) is 1. The monoisotopic (exact) mass is 318 g/mol. The second-order valence-electron chi connectivity index (χ2n) is 5.94. The van der Waals surface area contributed by atoms with Crippen LogP contribution >= 0.6 is 0 Å². The summed E-state index contributed by atoms with van der Waals surface area (Å²) in [5.41, 5.74) is 1.11. The quantitative estimate of drug-likeness (QED) is 0.848. The summed E-state index contributed by atoms with van der Waals surface area (Å²) in [4.78, 5) is 2.42. The summed E-state index contributed by atoms with van der Waals surface area (Å²) in [5, 5.41) is 11.3. The first-order valence-corrected chi connectivity index (χ1v) is 8.32. The van der Waals surface area contributed by atoms with Gasteiger partial charge in [0.05, 0.1) is 6.04 Å². The Bertz CT molecular complexity index is 607. The van der Waals surface area contributed by atoms with E-state index in [1.807, 2.05) is 12.1 Å². The van der Waals surface area contributed by atoms with Crippen LogP contribution in [0.4, 0.5) is 10.4 Å². The Morgan fingerprint density at radius 3 is 2.65 bits per heavy atom. The highest BCUT2D eigenvalue weighted by Crippen LogP contribution is 2.25. The van der Waals surface area contributed by atoms with Gasteiger partial charge in [-0.15, -0.1) is 5.10 Å². The van der Waals surface area contributed by atoms with Crippen LogP contribution in [0.5, 0.6) is 0 Å². The molecule has 1 N–H and O–H groups in total. The lowest BCUT2D eigenvalue weighted by atomic mass is 10.1. The summed E-state index contributed by atoms with van der Waals surface area (Å²) < 4.78 is 18.8. The molecule has 1 saturated heterocycles. The number of aromatic nitrogens is 2. The molecule has 1 aliphatic heterocycles. The van der Waals surface area contributed by atoms with Crippen LogP contribution in [0.25, 0.3) is 0 Å². The van der Waals surface area contributed by atoms with Crippen molar-refractivity contribution in [1.82, 2.24) is 15.1 Å². The predicted molar refractivity (Wildman–Crippen MR) is 86.7 cm³/mol. The van der Waals surface area contributed by atoms with E-state index in [0.29, 0.717) is 18.5 Å². The second-order valence-corrected chi connectivity index (χ2v) is 5.94. The molecule has 1 atom stereocenters. The van der Waals surface area contributed by atoms with Crippen molar-refractivity contribution in [3.8, 4) is 0 Å². The molecular formula is C17H23FN4O. The Kier molecular flexibility index (Phi) is 5.23. The molecular weight excluding hydrogens is 295 g/mol. The Hall–Kier alpha value is -1.95. The van der Waals surface area contributed by atoms with Crippen LogP contribution in [0.2, 0.25) is 0 Å². The minimum Gasteiger partial charge on any atom is -0.408 e. The molecule has 0 radical (unpaired) electrons. The lowest BCUT2D eigenvalue weighted by molar-refractivity contribution is 0.254. The zero-order valence-electron chi connectivity index (χ0n) is 13.5. The summed E-state index contributed by atoms with van der Waals surface area (Å²) in [6, 6.07) is 7.39. The van der Waals surface area contributed by atoms with Gasteiger partial charge in [-0.2, -0.15) is 0 Å². The van der Waals surface area contributed by atoms with Crippen molar-refractivity contribution in [2.45, 2.75) is 38.6 Å². The molecule has 0 amide bonds. The molecule has 1 fully saturated rings. The third-order valence-electron chi connectivity index (χ3n) is 4.21. The number of hydrogen-bond acceptors (Lipinski definition) is 5. The summed E-state index contributed by atoms with van der Waals surface area (Å²) in [6.07, 6.45) is 4.19. The van der Waals surface area contributed by atoms with E-state index in [1.165, 1.54) is 25.0 Å². The number of nitrogens with one attached hydrogen (secondary N) is 1. The van der Waals surface area contributed by atoms with E-state index >= 15 is 0 Å². The van der Waals surface area contributed by atoms with Crippen molar-refractivity contribution >= 4 is 6.01 Å². The molecule has 2 aromatic rings. The number of likely N-dealkylation sites (tertiary alicyclic amines) is 1. The van der Waals surface area contributed by atoms with Crippen molar-refractivity contribution in [3.05, 3.63) is 41.5 Å². The average molecular weight is 318 g/mol. The van der Waals surface area contributed by atoms with Gasteiger partial charge in [-0.1, -0.05) is 24.2 Å². The van der Waals surface area contributed by atoms with Gasteiger partial charge >= 0.3 is 6.01 Å². The summed E-state index contributed by atoms with van der Waals surface area (Å²) in [5.74, 6) is 0.456. The largest absolute Gasteiger partial charge is 0.408 e. The van der Waals surface area contributed by atoms with Gasteiger partial charge in [0, 0.05) is 13.0 Å². The van der Waals surface area contributed by atoms with Gasteiger partial charge in [0.25, 0.3) is 0 Å². The molecule has 0 saturated carbocycles. The maximum atomic E-state index is 13.2. The van der Waals surface area contributed by atoms with Crippen LogP contribution in [0.1, 0.15) is 43.7 Å². The number of halogens is 1. The van der Waals surface area contributed by atoms with Crippen LogP contribution in [0.15, 0.2) is 28.7 Å². The fraction of sp³-hybridized carbons (Fsp3) is 0.529. The second kappa shape index (κ2) is 7.55. The van der Waals surface area contributed by atoms with Gasteiger partial charge in [-0.05, 0) is 50.0 Å². The van der Waals surface area contributed by atoms with Crippen molar-refractivity contribution in [2.75, 3.05) is 25.0 Å². The first-order chi connectivity index (χ1) is 11.3. The third-order valence-corrected chi connectivity index (χ3v) is 4.21. The van der Waals surface area contributed by atoms with E-state index in [9.17, 15) is 4.39 Å². The number of anilines is 1. The smallest absolute Gasteiger partial charge is 0.315 e. The molecule has 0 spiro atoms. The Balaban J connectivity index is 1.69. The van der Waals surface area contributed by atoms with E-state index < -0.39 is 0 Å². The molecule has 1 unspecified atom stereocenters. The fourth-order valence-electron chi connectivity index (χ4n) is 3.02. The summed E-state index contributed by atoms with van der Waals surface area (Å²) >= 11 is 0. The Morgan fingerprint density at radius 1 is 1.22 bits per heavy atom. The molecule has 0 aliphatic carbocycles. The Labute approximate surface area is 135 Å². The average Bonchev–Trinajstić information content (AvgIpc) is 3.22. The van der Waals surface area contributed by atoms with Crippen LogP contribution in [-0.2, 0) is 6.42 Å². The van der Waals surface area contributed by atoms with E-state index in [1.54, 1.807) is 0 Å². The standard InChI is InChI=1S/C17H23FN4O/c1-2-5-16-20-21-17(23-16)19-12-15(22-10-3-4-11-22)13-6-8-14(18)9-7-13/h6-9,15H,2-5,10-12H2,1H3,(H,19,21). The molecule has 1 aliphatic rings. The normalized spacial score (nSPS) is 16.6. The van der Waals surface area contributed by atoms with E-state index in [-0.39, 0.29) is 11.9 Å². The van der Waals surface area contributed by atoms with Crippen LogP contribution < -0.4 is 5.32 Å². The van der Waals surface area contributed by atoms with Crippen molar-refractivity contribution < 1.29 is 8.81 Å². The fourth-order valence-corrected chi connectivity index (χ4v) is 3.02. The van der Waals surface area contributed by atoms with Crippen LogP contribution in [0, 0.1) is 5.82 Å². The number of nitrogens with zero attached hydrogens (tertiary/aromatic N) is 3. The van der Waals surface area contributed by atoms with Crippen molar-refractivity contribution in [1.29, 1.82) is 0 Å². The molecule has 1 aromatic carbocycles. The van der Waals surface area contributed by atoms with E-state index in [2.05, 4.69) is 27.3 Å². The van der Waals surface area contributed by atoms with Gasteiger partial charge in [0.15, 0.2) is 0 Å². The van der Waals surface area contributed by atoms with Gasteiger partial charge < -0.3 is 9.73 Å². The van der Waals surface area contributed by atoms with Crippen molar-refractivity contribution in [2.24, 2.45) is 0 Å². The zero-order chi connectivity index (χ0) is 16.1. The minimum absolute atomic E-state index is 0.180. The summed E-state index contributed by atoms with van der Waals surface area (Å²) in [6.45, 7) is 4.87. The van der Waals surface area contributed by atoms with Crippen LogP contribution in [0.3, 0.4) is 0 Å². The number of aryl methyl sites for hydroxylation is 1. The van der Waals surface area contributed by atoms with Crippen LogP contribution in [-0.4, -0.2) is 34.7 Å². The van der Waals surface area contributed by atoms with Gasteiger partial charge in [-0.3, -0.25) is 4.90 Å². The molecule has 0 bridgehead atoms. The maximum absolute atomic E-state index is 13.2. The molecule has 5 nitrogen and oxygen atoms in total.